The average Bonchev–Trinajstić information content (AvgIpc) is 2.58. The van der Waals surface area contributed by atoms with Crippen LogP contribution in [0.4, 0.5) is 0 Å². The summed E-state index contributed by atoms with van der Waals surface area (Å²) in [6.07, 6.45) is 2.62. The lowest BCUT2D eigenvalue weighted by atomic mass is 9.74. The molecule has 5 nitrogen and oxygen atoms in total. The minimum absolute atomic E-state index is 0.160. The Hall–Kier alpha value is -1.75. The molecule has 138 valence electrons. The molecule has 0 aromatic heterocycles. The van der Waals surface area contributed by atoms with E-state index in [-0.39, 0.29) is 17.9 Å². The van der Waals surface area contributed by atoms with E-state index >= 15 is 0 Å². The number of hydrogen-bond acceptors (Lipinski definition) is 4. The molecule has 2 aliphatic rings. The Kier molecular flexibility index (Phi) is 5.23. The van der Waals surface area contributed by atoms with Crippen LogP contribution in [0.1, 0.15) is 43.9 Å². The van der Waals surface area contributed by atoms with Crippen molar-refractivity contribution in [2.24, 2.45) is 17.8 Å². The van der Waals surface area contributed by atoms with Gasteiger partial charge in [0.05, 0.1) is 20.1 Å². The number of benzene rings is 1. The van der Waals surface area contributed by atoms with E-state index in [1.165, 1.54) is 11.1 Å². The number of carboxylic acid groups (broad SMARTS) is 1. The number of ether oxygens (including phenoxy) is 2. The summed E-state index contributed by atoms with van der Waals surface area (Å²) >= 11 is 0. The van der Waals surface area contributed by atoms with E-state index in [4.69, 9.17) is 9.47 Å². The second-order valence-corrected chi connectivity index (χ2v) is 7.74. The third kappa shape index (κ3) is 3.47. The van der Waals surface area contributed by atoms with E-state index in [9.17, 15) is 9.90 Å². The van der Waals surface area contributed by atoms with Gasteiger partial charge in [0.1, 0.15) is 0 Å². The van der Waals surface area contributed by atoms with E-state index in [1.54, 1.807) is 14.2 Å². The molecular formula is C20H29NO4. The van der Waals surface area contributed by atoms with Crippen LogP contribution in [0.5, 0.6) is 11.5 Å². The van der Waals surface area contributed by atoms with E-state index < -0.39 is 5.97 Å². The molecule has 0 amide bonds. The summed E-state index contributed by atoms with van der Waals surface area (Å²) in [4.78, 5) is 14.4. The Morgan fingerprint density at radius 1 is 1.28 bits per heavy atom. The molecule has 2 aliphatic heterocycles. The van der Waals surface area contributed by atoms with Crippen molar-refractivity contribution >= 4 is 5.97 Å². The first-order valence-electron chi connectivity index (χ1n) is 9.16. The highest BCUT2D eigenvalue weighted by atomic mass is 16.5. The van der Waals surface area contributed by atoms with Crippen LogP contribution < -0.4 is 9.47 Å². The van der Waals surface area contributed by atoms with Gasteiger partial charge in [0, 0.05) is 19.1 Å². The molecule has 0 radical (unpaired) electrons. The maximum absolute atomic E-state index is 11.9. The third-order valence-electron chi connectivity index (χ3n) is 5.72. The van der Waals surface area contributed by atoms with Crippen LogP contribution in [-0.4, -0.2) is 43.3 Å². The first-order chi connectivity index (χ1) is 11.9. The van der Waals surface area contributed by atoms with E-state index in [1.807, 2.05) is 6.07 Å². The van der Waals surface area contributed by atoms with Gasteiger partial charge in [-0.25, -0.2) is 0 Å². The number of carboxylic acids is 1. The van der Waals surface area contributed by atoms with Gasteiger partial charge in [-0.1, -0.05) is 13.8 Å². The van der Waals surface area contributed by atoms with Crippen LogP contribution in [0.15, 0.2) is 12.1 Å². The van der Waals surface area contributed by atoms with E-state index in [0.717, 1.165) is 37.4 Å². The normalized spacial score (nSPS) is 26.0. The summed E-state index contributed by atoms with van der Waals surface area (Å²) in [6.45, 7) is 6.20. The number of piperidine rings is 1. The summed E-state index contributed by atoms with van der Waals surface area (Å²) in [6, 6.07) is 4.27. The molecule has 1 N–H and O–H groups in total. The number of fused-ring (bicyclic) bond motifs is 3. The van der Waals surface area contributed by atoms with Gasteiger partial charge in [-0.3, -0.25) is 9.69 Å². The number of carbonyl (C=O) groups is 1. The molecular weight excluding hydrogens is 318 g/mol. The van der Waals surface area contributed by atoms with Crippen molar-refractivity contribution in [2.75, 3.05) is 27.3 Å². The van der Waals surface area contributed by atoms with Crippen molar-refractivity contribution in [3.63, 3.8) is 0 Å². The van der Waals surface area contributed by atoms with Gasteiger partial charge in [0.15, 0.2) is 11.5 Å². The Morgan fingerprint density at radius 3 is 2.56 bits per heavy atom. The highest BCUT2D eigenvalue weighted by Crippen LogP contribution is 2.45. The lowest BCUT2D eigenvalue weighted by Gasteiger charge is -2.46. The fourth-order valence-corrected chi connectivity index (χ4v) is 4.58. The molecule has 3 rings (SSSR count). The number of aliphatic carboxylic acids is 1. The van der Waals surface area contributed by atoms with Crippen LogP contribution in [0.2, 0.25) is 0 Å². The minimum atomic E-state index is -0.655. The fraction of sp³-hybridized carbons (Fsp3) is 0.650. The predicted molar refractivity (Wildman–Crippen MR) is 96.3 cm³/mol. The summed E-state index contributed by atoms with van der Waals surface area (Å²) in [7, 11) is 3.29. The predicted octanol–water partition coefficient (Wildman–Crippen LogP) is 3.37. The Bertz CT molecular complexity index is 643. The standard InChI is InChI=1S/C20H29NO4/c1-12(2)7-14-11-21-6-5-13-8-18(24-3)19(25-4)10-15(13)17(21)9-16(14)20(22)23/h8,10,12,14,16-17H,5-7,9,11H2,1-4H3,(H,22,23)/t14?,16-,17?/m1/s1. The molecule has 1 aromatic carbocycles. The van der Waals surface area contributed by atoms with Gasteiger partial charge in [-0.15, -0.1) is 0 Å². The fourth-order valence-electron chi connectivity index (χ4n) is 4.58. The van der Waals surface area contributed by atoms with Gasteiger partial charge in [-0.2, -0.15) is 0 Å². The Morgan fingerprint density at radius 2 is 1.96 bits per heavy atom. The molecule has 1 aromatic rings. The minimum Gasteiger partial charge on any atom is -0.493 e. The molecule has 1 saturated heterocycles. The molecule has 3 atom stereocenters. The number of rotatable bonds is 5. The zero-order valence-electron chi connectivity index (χ0n) is 15.6. The highest BCUT2D eigenvalue weighted by Gasteiger charge is 2.42. The smallest absolute Gasteiger partial charge is 0.306 e. The van der Waals surface area contributed by atoms with Crippen molar-refractivity contribution in [2.45, 2.75) is 39.2 Å². The molecule has 5 heteroatoms. The van der Waals surface area contributed by atoms with Gasteiger partial charge < -0.3 is 14.6 Å². The zero-order valence-corrected chi connectivity index (χ0v) is 15.6. The van der Waals surface area contributed by atoms with Crippen molar-refractivity contribution in [3.8, 4) is 11.5 Å². The molecule has 0 bridgehead atoms. The average molecular weight is 347 g/mol. The van der Waals surface area contributed by atoms with E-state index in [0.29, 0.717) is 12.3 Å². The summed E-state index contributed by atoms with van der Waals surface area (Å²) in [5, 5.41) is 9.78. The molecule has 1 fully saturated rings. The van der Waals surface area contributed by atoms with Crippen LogP contribution in [-0.2, 0) is 11.2 Å². The molecule has 2 heterocycles. The van der Waals surface area contributed by atoms with Crippen LogP contribution in [0.25, 0.3) is 0 Å². The van der Waals surface area contributed by atoms with Gasteiger partial charge in [0.2, 0.25) is 0 Å². The second kappa shape index (κ2) is 7.24. The summed E-state index contributed by atoms with van der Waals surface area (Å²) in [5.74, 6) is 1.29. The third-order valence-corrected chi connectivity index (χ3v) is 5.72. The second-order valence-electron chi connectivity index (χ2n) is 7.74. The first-order valence-corrected chi connectivity index (χ1v) is 9.16. The zero-order chi connectivity index (χ0) is 18.1. The molecule has 2 unspecified atom stereocenters. The quantitative estimate of drug-likeness (QED) is 0.885. The Balaban J connectivity index is 1.93. The summed E-state index contributed by atoms with van der Waals surface area (Å²) < 4.78 is 10.9. The monoisotopic (exact) mass is 347 g/mol. The number of methoxy groups -OCH3 is 2. The SMILES string of the molecule is COc1cc2c(cc1OC)C1C[C@@H](C(=O)O)C(CC(C)C)CN1CC2. The Labute approximate surface area is 149 Å². The number of nitrogens with zero attached hydrogens (tertiary/aromatic N) is 1. The van der Waals surface area contributed by atoms with Crippen molar-refractivity contribution in [1.29, 1.82) is 0 Å². The lowest BCUT2D eigenvalue weighted by Crippen LogP contribution is -2.48. The first kappa shape index (κ1) is 18.1. The lowest BCUT2D eigenvalue weighted by molar-refractivity contribution is -0.147. The van der Waals surface area contributed by atoms with Crippen molar-refractivity contribution in [3.05, 3.63) is 23.3 Å². The van der Waals surface area contributed by atoms with Gasteiger partial charge in [0.25, 0.3) is 0 Å². The maximum Gasteiger partial charge on any atom is 0.306 e. The van der Waals surface area contributed by atoms with E-state index in [2.05, 4.69) is 24.8 Å². The summed E-state index contributed by atoms with van der Waals surface area (Å²) in [5.41, 5.74) is 2.46. The largest absolute Gasteiger partial charge is 0.493 e. The van der Waals surface area contributed by atoms with Crippen molar-refractivity contribution in [1.82, 2.24) is 4.90 Å². The molecule has 0 saturated carbocycles. The maximum atomic E-state index is 11.9. The number of hydrogen-bond donors (Lipinski definition) is 1. The van der Waals surface area contributed by atoms with Gasteiger partial charge in [-0.05, 0) is 54.4 Å². The van der Waals surface area contributed by atoms with Crippen LogP contribution in [0, 0.1) is 17.8 Å². The molecule has 0 spiro atoms. The molecule has 0 aliphatic carbocycles. The topological polar surface area (TPSA) is 59.0 Å². The van der Waals surface area contributed by atoms with Crippen molar-refractivity contribution < 1.29 is 19.4 Å². The molecule has 25 heavy (non-hydrogen) atoms. The van der Waals surface area contributed by atoms with Crippen LogP contribution >= 0.6 is 0 Å². The van der Waals surface area contributed by atoms with Gasteiger partial charge >= 0.3 is 5.97 Å². The highest BCUT2D eigenvalue weighted by molar-refractivity contribution is 5.71. The van der Waals surface area contributed by atoms with Crippen LogP contribution in [0.3, 0.4) is 0 Å².